The van der Waals surface area contributed by atoms with Crippen LogP contribution in [0.25, 0.3) is 0 Å². The van der Waals surface area contributed by atoms with E-state index in [1.165, 1.54) is 6.92 Å². The number of ether oxygens (including phenoxy) is 2. The lowest BCUT2D eigenvalue weighted by Gasteiger charge is -2.14. The Morgan fingerprint density at radius 1 is 1.41 bits per heavy atom. The largest absolute Gasteiger partial charge is 0.493 e. The number of hydrogen-bond donors (Lipinski definition) is 2. The van der Waals surface area contributed by atoms with Crippen LogP contribution in [0.2, 0.25) is 0 Å². The van der Waals surface area contributed by atoms with Crippen molar-refractivity contribution in [3.63, 3.8) is 0 Å². The molecule has 0 heterocycles. The highest BCUT2D eigenvalue weighted by Gasteiger charge is 2.14. The van der Waals surface area contributed by atoms with Crippen molar-refractivity contribution in [3.05, 3.63) is 30.3 Å². The molecule has 3 N–H and O–H groups in total. The van der Waals surface area contributed by atoms with Crippen molar-refractivity contribution in [2.45, 2.75) is 25.7 Å². The summed E-state index contributed by atoms with van der Waals surface area (Å²) in [6, 6.07) is 9.27. The van der Waals surface area contributed by atoms with Crippen molar-refractivity contribution in [1.82, 2.24) is 0 Å². The summed E-state index contributed by atoms with van der Waals surface area (Å²) in [5, 5.41) is 8.91. The van der Waals surface area contributed by atoms with Gasteiger partial charge in [0.25, 0.3) is 0 Å². The lowest BCUT2D eigenvalue weighted by Crippen LogP contribution is -2.33. The van der Waals surface area contributed by atoms with Crippen LogP contribution in [-0.4, -0.2) is 30.0 Å². The fourth-order valence-corrected chi connectivity index (χ4v) is 1.12. The molecule has 1 rings (SSSR count). The summed E-state index contributed by atoms with van der Waals surface area (Å²) in [4.78, 5) is 11.0. The summed E-state index contributed by atoms with van der Waals surface area (Å²) < 4.78 is 10.1. The Balaban J connectivity index is 2.20. The van der Waals surface area contributed by atoms with Crippen molar-refractivity contribution in [2.24, 2.45) is 5.73 Å². The van der Waals surface area contributed by atoms with Crippen LogP contribution in [0.1, 0.15) is 13.3 Å². The van der Waals surface area contributed by atoms with E-state index >= 15 is 0 Å². The summed E-state index contributed by atoms with van der Waals surface area (Å²) in [6.07, 6.45) is -1.55. The van der Waals surface area contributed by atoms with E-state index in [4.69, 9.17) is 20.3 Å². The van der Waals surface area contributed by atoms with Crippen LogP contribution in [0.5, 0.6) is 5.75 Å². The van der Waals surface area contributed by atoms with E-state index in [1.54, 1.807) is 0 Å². The average Bonchev–Trinajstić information content (AvgIpc) is 2.30. The monoisotopic (exact) mass is 239 g/mol. The molecular weight excluding hydrogens is 222 g/mol. The third-order valence-electron chi connectivity index (χ3n) is 2.02. The van der Waals surface area contributed by atoms with Crippen molar-refractivity contribution in [2.75, 3.05) is 6.61 Å². The van der Waals surface area contributed by atoms with E-state index < -0.39 is 18.3 Å². The zero-order valence-corrected chi connectivity index (χ0v) is 9.70. The van der Waals surface area contributed by atoms with E-state index in [0.29, 0.717) is 13.0 Å². The topological polar surface area (TPSA) is 81.8 Å². The molecule has 0 bridgehead atoms. The molecule has 17 heavy (non-hydrogen) atoms. The molecule has 5 nitrogen and oxygen atoms in total. The van der Waals surface area contributed by atoms with Crippen molar-refractivity contribution >= 4 is 5.97 Å². The SMILES string of the molecule is CC(O)C(=O)OC(N)CCOc1ccccc1. The zero-order chi connectivity index (χ0) is 12.7. The van der Waals surface area contributed by atoms with Crippen LogP contribution in [-0.2, 0) is 9.53 Å². The second-order valence-corrected chi connectivity index (χ2v) is 3.60. The predicted octanol–water partition coefficient (Wildman–Crippen LogP) is 0.664. The van der Waals surface area contributed by atoms with E-state index in [0.717, 1.165) is 5.75 Å². The van der Waals surface area contributed by atoms with E-state index in [9.17, 15) is 4.79 Å². The smallest absolute Gasteiger partial charge is 0.336 e. The van der Waals surface area contributed by atoms with Crippen LogP contribution < -0.4 is 10.5 Å². The quantitative estimate of drug-likeness (QED) is 0.563. The molecule has 0 saturated heterocycles. The average molecular weight is 239 g/mol. The lowest BCUT2D eigenvalue weighted by molar-refractivity contribution is -0.158. The molecule has 0 aliphatic carbocycles. The molecule has 5 heteroatoms. The normalized spacial score (nSPS) is 13.8. The zero-order valence-electron chi connectivity index (χ0n) is 9.70. The van der Waals surface area contributed by atoms with Gasteiger partial charge in [-0.3, -0.25) is 5.73 Å². The van der Waals surface area contributed by atoms with Gasteiger partial charge in [0, 0.05) is 6.42 Å². The first kappa shape index (κ1) is 13.5. The molecule has 2 atom stereocenters. The van der Waals surface area contributed by atoms with Gasteiger partial charge >= 0.3 is 5.97 Å². The fraction of sp³-hybridized carbons (Fsp3) is 0.417. The summed E-state index contributed by atoms with van der Waals surface area (Å²) in [5.74, 6) is 0.0127. The molecule has 0 spiro atoms. The van der Waals surface area contributed by atoms with Crippen LogP contribution in [0.15, 0.2) is 30.3 Å². The number of para-hydroxylation sites is 1. The molecule has 94 valence electrons. The Morgan fingerprint density at radius 2 is 2.06 bits per heavy atom. The first-order chi connectivity index (χ1) is 8.09. The van der Waals surface area contributed by atoms with E-state index in [-0.39, 0.29) is 0 Å². The summed E-state index contributed by atoms with van der Waals surface area (Å²) in [5.41, 5.74) is 5.54. The second-order valence-electron chi connectivity index (χ2n) is 3.60. The third-order valence-corrected chi connectivity index (χ3v) is 2.02. The highest BCUT2D eigenvalue weighted by molar-refractivity contribution is 5.73. The van der Waals surface area contributed by atoms with Gasteiger partial charge in [0.1, 0.15) is 11.9 Å². The molecule has 1 aromatic carbocycles. The molecular formula is C12H17NO4. The molecule has 0 radical (unpaired) electrons. The lowest BCUT2D eigenvalue weighted by atomic mass is 10.3. The minimum absolute atomic E-state index is 0.346. The molecule has 1 aromatic rings. The summed E-state index contributed by atoms with van der Waals surface area (Å²) >= 11 is 0. The highest BCUT2D eigenvalue weighted by atomic mass is 16.6. The van der Waals surface area contributed by atoms with Crippen LogP contribution in [0, 0.1) is 0 Å². The Kier molecular flexibility index (Phi) is 5.45. The molecule has 0 fully saturated rings. The van der Waals surface area contributed by atoms with Gasteiger partial charge in [0.15, 0.2) is 6.23 Å². The van der Waals surface area contributed by atoms with Gasteiger partial charge in [-0.25, -0.2) is 4.79 Å². The van der Waals surface area contributed by atoms with Gasteiger partial charge in [-0.1, -0.05) is 18.2 Å². The minimum Gasteiger partial charge on any atom is -0.493 e. The molecule has 0 amide bonds. The number of carbonyl (C=O) groups excluding carboxylic acids is 1. The maximum atomic E-state index is 11.0. The number of benzene rings is 1. The number of esters is 1. The molecule has 0 aliphatic rings. The number of nitrogens with two attached hydrogens (primary N) is 1. The van der Waals surface area contributed by atoms with Crippen molar-refractivity contribution < 1.29 is 19.4 Å². The van der Waals surface area contributed by atoms with Gasteiger partial charge in [-0.05, 0) is 19.1 Å². The molecule has 2 unspecified atom stereocenters. The Morgan fingerprint density at radius 3 is 2.65 bits per heavy atom. The number of carbonyl (C=O) groups is 1. The molecule has 0 saturated carbocycles. The summed E-state index contributed by atoms with van der Waals surface area (Å²) in [7, 11) is 0. The summed E-state index contributed by atoms with van der Waals surface area (Å²) in [6.45, 7) is 1.67. The van der Waals surface area contributed by atoms with Crippen molar-refractivity contribution in [1.29, 1.82) is 0 Å². The Labute approximate surface area is 100 Å². The van der Waals surface area contributed by atoms with E-state index in [1.807, 2.05) is 30.3 Å². The van der Waals surface area contributed by atoms with Gasteiger partial charge in [-0.2, -0.15) is 0 Å². The number of aliphatic hydroxyl groups excluding tert-OH is 1. The predicted molar refractivity (Wildman–Crippen MR) is 62.3 cm³/mol. The highest BCUT2D eigenvalue weighted by Crippen LogP contribution is 2.08. The Hall–Kier alpha value is -1.59. The van der Waals surface area contributed by atoms with Gasteiger partial charge < -0.3 is 14.6 Å². The number of hydrogen-bond acceptors (Lipinski definition) is 5. The molecule has 0 aliphatic heterocycles. The number of rotatable bonds is 6. The van der Waals surface area contributed by atoms with Gasteiger partial charge in [0.2, 0.25) is 0 Å². The minimum atomic E-state index is -1.16. The van der Waals surface area contributed by atoms with Gasteiger partial charge in [0.05, 0.1) is 6.61 Å². The van der Waals surface area contributed by atoms with Crippen LogP contribution in [0.4, 0.5) is 0 Å². The first-order valence-electron chi connectivity index (χ1n) is 5.41. The van der Waals surface area contributed by atoms with Crippen LogP contribution in [0.3, 0.4) is 0 Å². The maximum absolute atomic E-state index is 11.0. The standard InChI is InChI=1S/C12H17NO4/c1-9(14)12(15)17-11(13)7-8-16-10-5-3-2-4-6-10/h2-6,9,11,14H,7-8,13H2,1H3. The maximum Gasteiger partial charge on any atom is 0.336 e. The Bertz CT molecular complexity index is 340. The third kappa shape index (κ3) is 5.33. The van der Waals surface area contributed by atoms with Crippen molar-refractivity contribution in [3.8, 4) is 5.75 Å². The van der Waals surface area contributed by atoms with E-state index in [2.05, 4.69) is 0 Å². The van der Waals surface area contributed by atoms with Gasteiger partial charge in [-0.15, -0.1) is 0 Å². The second kappa shape index (κ2) is 6.88. The van der Waals surface area contributed by atoms with Crippen LogP contribution >= 0.6 is 0 Å². The molecule has 0 aromatic heterocycles. The first-order valence-corrected chi connectivity index (χ1v) is 5.41. The fourth-order valence-electron chi connectivity index (χ4n) is 1.12. The number of aliphatic hydroxyl groups is 1.